The van der Waals surface area contributed by atoms with Crippen molar-refractivity contribution >= 4 is 11.7 Å². The minimum atomic E-state index is -2.78. The van der Waals surface area contributed by atoms with E-state index in [2.05, 4.69) is 30.4 Å². The number of anilines is 1. The van der Waals surface area contributed by atoms with E-state index in [1.165, 1.54) is 16.9 Å². The van der Waals surface area contributed by atoms with Crippen LogP contribution in [0, 0.1) is 5.92 Å². The lowest BCUT2D eigenvalue weighted by Crippen LogP contribution is -2.28. The minimum Gasteiger partial charge on any atom is -0.367 e. The molecule has 162 valence electrons. The van der Waals surface area contributed by atoms with Crippen LogP contribution in [-0.4, -0.2) is 38.4 Å². The molecular formula is C20H20F2N6O3. The maximum Gasteiger partial charge on any atom is 0.289 e. The van der Waals surface area contributed by atoms with Crippen molar-refractivity contribution in [3.8, 4) is 5.69 Å². The Morgan fingerprint density at radius 2 is 2.16 bits per heavy atom. The van der Waals surface area contributed by atoms with Crippen molar-refractivity contribution in [3.05, 3.63) is 64.5 Å². The molecule has 0 aliphatic heterocycles. The van der Waals surface area contributed by atoms with Gasteiger partial charge in [-0.1, -0.05) is 5.16 Å². The molecule has 1 aliphatic carbocycles. The van der Waals surface area contributed by atoms with Crippen LogP contribution in [0.3, 0.4) is 0 Å². The highest BCUT2D eigenvalue weighted by atomic mass is 19.3. The average Bonchev–Trinajstić information content (AvgIpc) is 3.43. The predicted octanol–water partition coefficient (Wildman–Crippen LogP) is 2.56. The van der Waals surface area contributed by atoms with Gasteiger partial charge in [-0.3, -0.25) is 9.59 Å². The standard InChI is InChI=1S/C20H20F2N6O3/c21-19(22)15-9-16(31-27-15)20(30)24-10-12-3-4-13(8-12)26-17-6-5-14(11-23-17)28-18(29)2-1-7-25-28/h1-2,5-7,9,11-13,19H,3-4,8,10H2,(H,23,26)(H,24,30)/t12-,13+/m1/s1. The fraction of sp³-hybridized carbons (Fsp3) is 0.350. The summed E-state index contributed by atoms with van der Waals surface area (Å²) in [7, 11) is 0. The van der Waals surface area contributed by atoms with E-state index in [9.17, 15) is 18.4 Å². The molecule has 1 saturated carbocycles. The number of carbonyl (C=O) groups excluding carboxylic acids is 1. The number of nitrogens with one attached hydrogen (secondary N) is 2. The molecule has 0 bridgehead atoms. The topological polar surface area (TPSA) is 115 Å². The van der Waals surface area contributed by atoms with E-state index < -0.39 is 18.0 Å². The number of pyridine rings is 1. The summed E-state index contributed by atoms with van der Waals surface area (Å²) in [4.78, 5) is 28.2. The lowest BCUT2D eigenvalue weighted by atomic mass is 10.1. The number of nitrogens with zero attached hydrogens (tertiary/aromatic N) is 4. The Morgan fingerprint density at radius 3 is 2.87 bits per heavy atom. The Morgan fingerprint density at radius 1 is 1.29 bits per heavy atom. The van der Waals surface area contributed by atoms with Crippen LogP contribution in [0.25, 0.3) is 5.69 Å². The molecule has 0 unspecified atom stereocenters. The van der Waals surface area contributed by atoms with Crippen molar-refractivity contribution in [3.63, 3.8) is 0 Å². The first-order valence-electron chi connectivity index (χ1n) is 9.80. The minimum absolute atomic E-state index is 0.188. The van der Waals surface area contributed by atoms with Crippen LogP contribution in [0.4, 0.5) is 14.6 Å². The third-order valence-corrected chi connectivity index (χ3v) is 5.13. The van der Waals surface area contributed by atoms with Crippen LogP contribution < -0.4 is 16.2 Å². The quantitative estimate of drug-likeness (QED) is 0.592. The van der Waals surface area contributed by atoms with Crippen molar-refractivity contribution in [2.24, 2.45) is 5.92 Å². The molecule has 1 aliphatic rings. The van der Waals surface area contributed by atoms with Crippen molar-refractivity contribution in [2.75, 3.05) is 11.9 Å². The molecule has 3 aromatic heterocycles. The maximum absolute atomic E-state index is 12.5. The number of rotatable bonds is 7. The van der Waals surface area contributed by atoms with E-state index in [4.69, 9.17) is 0 Å². The Hall–Kier alpha value is -3.63. The number of hydrogen-bond acceptors (Lipinski definition) is 7. The summed E-state index contributed by atoms with van der Waals surface area (Å²) in [6, 6.07) is 7.70. The van der Waals surface area contributed by atoms with E-state index in [1.54, 1.807) is 24.4 Å². The van der Waals surface area contributed by atoms with Gasteiger partial charge >= 0.3 is 0 Å². The molecule has 11 heteroatoms. The third-order valence-electron chi connectivity index (χ3n) is 5.13. The van der Waals surface area contributed by atoms with Gasteiger partial charge in [-0.2, -0.15) is 9.78 Å². The van der Waals surface area contributed by atoms with Gasteiger partial charge in [0.2, 0.25) is 5.76 Å². The molecule has 1 fully saturated rings. The zero-order chi connectivity index (χ0) is 21.8. The highest BCUT2D eigenvalue weighted by Gasteiger charge is 2.26. The van der Waals surface area contributed by atoms with E-state index in [1.807, 2.05) is 0 Å². The molecule has 2 N–H and O–H groups in total. The fourth-order valence-corrected chi connectivity index (χ4v) is 3.57. The summed E-state index contributed by atoms with van der Waals surface area (Å²) < 4.78 is 31.0. The normalized spacial score (nSPS) is 18.3. The lowest BCUT2D eigenvalue weighted by molar-refractivity contribution is 0.0908. The number of halogens is 2. The van der Waals surface area contributed by atoms with Gasteiger partial charge in [0.25, 0.3) is 17.9 Å². The van der Waals surface area contributed by atoms with Gasteiger partial charge in [-0.05, 0) is 43.4 Å². The molecule has 4 rings (SSSR count). The van der Waals surface area contributed by atoms with Crippen LogP contribution in [0.2, 0.25) is 0 Å². The van der Waals surface area contributed by atoms with Crippen LogP contribution in [0.15, 0.2) is 52.0 Å². The number of alkyl halides is 2. The predicted molar refractivity (Wildman–Crippen MR) is 106 cm³/mol. The lowest BCUT2D eigenvalue weighted by Gasteiger charge is -2.14. The summed E-state index contributed by atoms with van der Waals surface area (Å²) in [5.41, 5.74) is -0.214. The second kappa shape index (κ2) is 9.02. The van der Waals surface area contributed by atoms with E-state index in [0.29, 0.717) is 18.1 Å². The summed E-state index contributed by atoms with van der Waals surface area (Å²) >= 11 is 0. The highest BCUT2D eigenvalue weighted by molar-refractivity contribution is 5.91. The summed E-state index contributed by atoms with van der Waals surface area (Å²) in [6.45, 7) is 0.413. The number of hydrogen-bond donors (Lipinski definition) is 2. The van der Waals surface area contributed by atoms with Gasteiger partial charge in [0.1, 0.15) is 5.82 Å². The van der Waals surface area contributed by atoms with Gasteiger partial charge in [-0.15, -0.1) is 0 Å². The third kappa shape index (κ3) is 4.93. The monoisotopic (exact) mass is 430 g/mol. The first kappa shape index (κ1) is 20.6. The first-order chi connectivity index (χ1) is 15.0. The second-order valence-corrected chi connectivity index (χ2v) is 7.32. The molecule has 9 nitrogen and oxygen atoms in total. The maximum atomic E-state index is 12.5. The molecule has 0 aromatic carbocycles. The van der Waals surface area contributed by atoms with Crippen molar-refractivity contribution in [1.29, 1.82) is 0 Å². The van der Waals surface area contributed by atoms with E-state index in [0.717, 1.165) is 25.3 Å². The molecule has 0 spiro atoms. The second-order valence-electron chi connectivity index (χ2n) is 7.32. The largest absolute Gasteiger partial charge is 0.367 e. The molecule has 3 aromatic rings. The smallest absolute Gasteiger partial charge is 0.289 e. The van der Waals surface area contributed by atoms with E-state index in [-0.39, 0.29) is 23.3 Å². The number of amides is 1. The van der Waals surface area contributed by atoms with Gasteiger partial charge in [0.15, 0.2) is 5.69 Å². The zero-order valence-corrected chi connectivity index (χ0v) is 16.4. The van der Waals surface area contributed by atoms with Gasteiger partial charge in [0, 0.05) is 30.9 Å². The Labute approximate surface area is 175 Å². The molecule has 0 saturated heterocycles. The molecule has 0 radical (unpaired) electrons. The van der Waals surface area contributed by atoms with Crippen molar-refractivity contribution in [2.45, 2.75) is 31.7 Å². The molecule has 3 heterocycles. The van der Waals surface area contributed by atoms with Crippen molar-refractivity contribution in [1.82, 2.24) is 25.2 Å². The number of carbonyl (C=O) groups is 1. The first-order valence-corrected chi connectivity index (χ1v) is 9.80. The molecular weight excluding hydrogens is 410 g/mol. The summed E-state index contributed by atoms with van der Waals surface area (Å²) in [6.07, 6.45) is 2.96. The molecule has 31 heavy (non-hydrogen) atoms. The van der Waals surface area contributed by atoms with Crippen LogP contribution >= 0.6 is 0 Å². The average molecular weight is 430 g/mol. The van der Waals surface area contributed by atoms with Crippen LogP contribution in [0.5, 0.6) is 0 Å². The Kier molecular flexibility index (Phi) is 6.01. The highest BCUT2D eigenvalue weighted by Crippen LogP contribution is 2.27. The number of aromatic nitrogens is 4. The molecule has 1 amide bonds. The van der Waals surface area contributed by atoms with Gasteiger partial charge in [0.05, 0.1) is 11.9 Å². The van der Waals surface area contributed by atoms with Crippen molar-refractivity contribution < 1.29 is 18.1 Å². The van der Waals surface area contributed by atoms with Crippen LogP contribution in [-0.2, 0) is 0 Å². The zero-order valence-electron chi connectivity index (χ0n) is 16.4. The molecule has 2 atom stereocenters. The van der Waals surface area contributed by atoms with Gasteiger partial charge in [-0.25, -0.2) is 13.8 Å². The summed E-state index contributed by atoms with van der Waals surface area (Å²) in [5.74, 6) is 0.144. The summed E-state index contributed by atoms with van der Waals surface area (Å²) in [5, 5.41) is 13.3. The van der Waals surface area contributed by atoms with E-state index >= 15 is 0 Å². The Balaban J connectivity index is 1.27. The van der Waals surface area contributed by atoms with Gasteiger partial charge < -0.3 is 15.2 Å². The fourth-order valence-electron chi connectivity index (χ4n) is 3.57. The SMILES string of the molecule is O=C(NC[C@@H]1CC[C@H](Nc2ccc(-n3ncccc3=O)cn2)C1)c1cc(C(F)F)no1. The van der Waals surface area contributed by atoms with Crippen LogP contribution in [0.1, 0.15) is 41.9 Å². The Bertz CT molecular complexity index is 1100.